The lowest BCUT2D eigenvalue weighted by atomic mass is 10.1. The fraction of sp³-hybridized carbons (Fsp3) is 0.391. The number of nitrogens with one attached hydrogen (secondary N) is 2. The van der Waals surface area contributed by atoms with E-state index in [2.05, 4.69) is 27.4 Å². The number of carbonyl (C=O) groups excluding carboxylic acids is 1. The molecule has 0 spiro atoms. The third-order valence-electron chi connectivity index (χ3n) is 5.07. The Balaban J connectivity index is 0.00000341. The van der Waals surface area contributed by atoms with Gasteiger partial charge < -0.3 is 20.4 Å². The van der Waals surface area contributed by atoms with Crippen molar-refractivity contribution in [3.05, 3.63) is 65.5 Å². The van der Waals surface area contributed by atoms with Gasteiger partial charge in [-0.05, 0) is 55.8 Å². The molecule has 0 aromatic heterocycles. The summed E-state index contributed by atoms with van der Waals surface area (Å²) < 4.78 is 13.2. The Kier molecular flexibility index (Phi) is 10.0. The maximum absolute atomic E-state index is 13.2. The fourth-order valence-electron chi connectivity index (χ4n) is 3.44. The molecule has 31 heavy (non-hydrogen) atoms. The molecule has 1 amide bonds. The van der Waals surface area contributed by atoms with Crippen LogP contribution in [0.2, 0.25) is 0 Å². The summed E-state index contributed by atoms with van der Waals surface area (Å²) in [6.45, 7) is 9.34. The number of hydrogen-bond donors (Lipinski definition) is 2. The highest BCUT2D eigenvalue weighted by Crippen LogP contribution is 2.17. The maximum atomic E-state index is 13.2. The van der Waals surface area contributed by atoms with Crippen molar-refractivity contribution in [3.63, 3.8) is 0 Å². The van der Waals surface area contributed by atoms with Gasteiger partial charge in [0, 0.05) is 50.5 Å². The van der Waals surface area contributed by atoms with Crippen LogP contribution in [0.1, 0.15) is 29.8 Å². The van der Waals surface area contributed by atoms with Crippen LogP contribution in [0.25, 0.3) is 0 Å². The van der Waals surface area contributed by atoms with Crippen molar-refractivity contribution >= 4 is 41.5 Å². The van der Waals surface area contributed by atoms with Crippen LogP contribution < -0.4 is 15.5 Å². The Bertz CT molecular complexity index is 849. The first-order valence-electron chi connectivity index (χ1n) is 10.5. The Morgan fingerprint density at radius 3 is 2.13 bits per heavy atom. The van der Waals surface area contributed by atoms with Crippen molar-refractivity contribution in [1.29, 1.82) is 0 Å². The highest BCUT2D eigenvalue weighted by Gasteiger charge is 2.19. The molecule has 8 heteroatoms. The zero-order chi connectivity index (χ0) is 21.3. The molecule has 1 aliphatic rings. The minimum Gasteiger partial charge on any atom is -0.368 e. The highest BCUT2D eigenvalue weighted by atomic mass is 127. The quantitative estimate of drug-likeness (QED) is 0.336. The topological polar surface area (TPSA) is 60.0 Å². The third kappa shape index (κ3) is 7.09. The highest BCUT2D eigenvalue weighted by molar-refractivity contribution is 14.0. The Morgan fingerprint density at radius 2 is 1.55 bits per heavy atom. The molecule has 168 valence electrons. The minimum atomic E-state index is -0.210. The average molecular weight is 539 g/mol. The number of amides is 1. The van der Waals surface area contributed by atoms with Gasteiger partial charge in [0.1, 0.15) is 5.82 Å². The molecule has 3 rings (SSSR count). The van der Waals surface area contributed by atoms with E-state index in [9.17, 15) is 9.18 Å². The van der Waals surface area contributed by atoms with Crippen LogP contribution in [0.4, 0.5) is 10.1 Å². The molecule has 1 aliphatic heterocycles. The van der Waals surface area contributed by atoms with Crippen molar-refractivity contribution in [2.24, 2.45) is 4.99 Å². The Labute approximate surface area is 200 Å². The molecular formula is C23H31FIN5O. The molecule has 0 radical (unpaired) electrons. The second-order valence-electron chi connectivity index (χ2n) is 7.18. The Morgan fingerprint density at radius 1 is 0.935 bits per heavy atom. The van der Waals surface area contributed by atoms with Gasteiger partial charge in [0.05, 0.1) is 6.54 Å². The number of piperazine rings is 1. The maximum Gasteiger partial charge on any atom is 0.251 e. The van der Waals surface area contributed by atoms with Gasteiger partial charge in [-0.25, -0.2) is 9.38 Å². The van der Waals surface area contributed by atoms with Gasteiger partial charge in [0.15, 0.2) is 5.96 Å². The van der Waals surface area contributed by atoms with E-state index in [4.69, 9.17) is 4.99 Å². The first kappa shape index (κ1) is 24.9. The van der Waals surface area contributed by atoms with Crippen molar-refractivity contribution < 1.29 is 9.18 Å². The summed E-state index contributed by atoms with van der Waals surface area (Å²) in [5.74, 6) is 0.627. The van der Waals surface area contributed by atoms with E-state index >= 15 is 0 Å². The van der Waals surface area contributed by atoms with E-state index in [1.165, 1.54) is 12.1 Å². The molecule has 0 saturated carbocycles. The molecule has 0 atom stereocenters. The summed E-state index contributed by atoms with van der Waals surface area (Å²) in [6, 6.07) is 14.2. The van der Waals surface area contributed by atoms with Crippen molar-refractivity contribution in [3.8, 4) is 0 Å². The van der Waals surface area contributed by atoms with Crippen molar-refractivity contribution in [2.75, 3.05) is 44.2 Å². The first-order chi connectivity index (χ1) is 14.6. The molecule has 1 saturated heterocycles. The predicted octanol–water partition coefficient (Wildman–Crippen LogP) is 3.48. The van der Waals surface area contributed by atoms with Gasteiger partial charge >= 0.3 is 0 Å². The average Bonchev–Trinajstić information content (AvgIpc) is 2.78. The van der Waals surface area contributed by atoms with Gasteiger partial charge in [-0.1, -0.05) is 12.1 Å². The SMILES string of the molecule is CCNC(=O)c1ccc(CN=C(NCC)N2CCN(c3ccc(F)cc3)CC2)cc1.I. The molecule has 0 aliphatic carbocycles. The van der Waals surface area contributed by atoms with Gasteiger partial charge in [0.25, 0.3) is 5.91 Å². The summed E-state index contributed by atoms with van der Waals surface area (Å²) in [4.78, 5) is 21.2. The number of anilines is 1. The molecule has 6 nitrogen and oxygen atoms in total. The number of halogens is 2. The molecule has 1 fully saturated rings. The largest absolute Gasteiger partial charge is 0.368 e. The monoisotopic (exact) mass is 539 g/mol. The van der Waals surface area contributed by atoms with E-state index in [1.54, 1.807) is 0 Å². The number of benzene rings is 2. The van der Waals surface area contributed by atoms with Crippen LogP contribution in [0.3, 0.4) is 0 Å². The molecule has 2 aromatic carbocycles. The molecular weight excluding hydrogens is 508 g/mol. The summed E-state index contributed by atoms with van der Waals surface area (Å²) in [6.07, 6.45) is 0. The molecule has 1 heterocycles. The van der Waals surface area contributed by atoms with E-state index in [0.29, 0.717) is 18.7 Å². The lowest BCUT2D eigenvalue weighted by molar-refractivity contribution is 0.0956. The van der Waals surface area contributed by atoms with E-state index in [-0.39, 0.29) is 35.7 Å². The van der Waals surface area contributed by atoms with Gasteiger partial charge in [0.2, 0.25) is 0 Å². The van der Waals surface area contributed by atoms with Crippen LogP contribution in [-0.2, 0) is 6.54 Å². The zero-order valence-corrected chi connectivity index (χ0v) is 20.4. The third-order valence-corrected chi connectivity index (χ3v) is 5.07. The fourth-order valence-corrected chi connectivity index (χ4v) is 3.44. The molecule has 2 aromatic rings. The van der Waals surface area contributed by atoms with Crippen LogP contribution in [0, 0.1) is 5.82 Å². The van der Waals surface area contributed by atoms with Crippen LogP contribution in [0.15, 0.2) is 53.5 Å². The van der Waals surface area contributed by atoms with Gasteiger partial charge in [-0.3, -0.25) is 4.79 Å². The smallest absolute Gasteiger partial charge is 0.251 e. The van der Waals surface area contributed by atoms with E-state index < -0.39 is 0 Å². The zero-order valence-electron chi connectivity index (χ0n) is 18.1. The minimum absolute atomic E-state index is 0. The van der Waals surface area contributed by atoms with Crippen LogP contribution in [0.5, 0.6) is 0 Å². The summed E-state index contributed by atoms with van der Waals surface area (Å²) in [7, 11) is 0. The Hall–Kier alpha value is -2.36. The number of rotatable bonds is 6. The number of guanidine groups is 1. The predicted molar refractivity (Wildman–Crippen MR) is 135 cm³/mol. The second-order valence-corrected chi connectivity index (χ2v) is 7.18. The van der Waals surface area contributed by atoms with Gasteiger partial charge in [-0.15, -0.1) is 24.0 Å². The second kappa shape index (κ2) is 12.5. The van der Waals surface area contributed by atoms with Crippen LogP contribution in [-0.4, -0.2) is 56.0 Å². The van der Waals surface area contributed by atoms with Crippen molar-refractivity contribution in [1.82, 2.24) is 15.5 Å². The van der Waals surface area contributed by atoms with E-state index in [1.807, 2.05) is 43.3 Å². The van der Waals surface area contributed by atoms with Gasteiger partial charge in [-0.2, -0.15) is 0 Å². The summed E-state index contributed by atoms with van der Waals surface area (Å²) in [5.41, 5.74) is 2.77. The molecule has 0 bridgehead atoms. The van der Waals surface area contributed by atoms with E-state index in [0.717, 1.165) is 49.9 Å². The van der Waals surface area contributed by atoms with Crippen molar-refractivity contribution in [2.45, 2.75) is 20.4 Å². The molecule has 0 unspecified atom stereocenters. The number of nitrogens with zero attached hydrogens (tertiary/aromatic N) is 3. The first-order valence-corrected chi connectivity index (χ1v) is 10.5. The number of hydrogen-bond acceptors (Lipinski definition) is 3. The normalized spacial score (nSPS) is 14.1. The summed E-state index contributed by atoms with van der Waals surface area (Å²) in [5, 5.41) is 6.18. The van der Waals surface area contributed by atoms with Crippen LogP contribution >= 0.6 is 24.0 Å². The standard InChI is InChI=1S/C23H30FN5O.HI/c1-3-25-22(30)19-7-5-18(6-8-19)17-27-23(26-4-2)29-15-13-28(14-16-29)21-11-9-20(24)10-12-21;/h5-12H,3-4,13-17H2,1-2H3,(H,25,30)(H,26,27);1H. The lowest BCUT2D eigenvalue weighted by Crippen LogP contribution is -2.52. The number of carbonyl (C=O) groups is 1. The lowest BCUT2D eigenvalue weighted by Gasteiger charge is -2.37. The molecule has 2 N–H and O–H groups in total. The number of aliphatic imine (C=N–C) groups is 1. The summed E-state index contributed by atoms with van der Waals surface area (Å²) >= 11 is 0.